The van der Waals surface area contributed by atoms with E-state index in [9.17, 15) is 9.59 Å². The van der Waals surface area contributed by atoms with Crippen LogP contribution in [0.3, 0.4) is 0 Å². The third kappa shape index (κ3) is 7.37. The lowest BCUT2D eigenvalue weighted by Crippen LogP contribution is -2.32. The van der Waals surface area contributed by atoms with Crippen LogP contribution in [0.4, 0.5) is 4.79 Å². The summed E-state index contributed by atoms with van der Waals surface area (Å²) in [6, 6.07) is 7.18. The molecule has 1 aromatic carbocycles. The minimum atomic E-state index is -0.505. The summed E-state index contributed by atoms with van der Waals surface area (Å²) in [6.45, 7) is 5.86. The fourth-order valence-corrected chi connectivity index (χ4v) is 1.69. The van der Waals surface area contributed by atoms with Gasteiger partial charge in [-0.25, -0.2) is 4.79 Å². The molecule has 0 fully saturated rings. The maximum Gasteiger partial charge on any atom is 0.407 e. The van der Waals surface area contributed by atoms with E-state index >= 15 is 0 Å². The molecule has 0 atom stereocenters. The lowest BCUT2D eigenvalue weighted by molar-refractivity contribution is 0.0529. The van der Waals surface area contributed by atoms with Gasteiger partial charge < -0.3 is 15.0 Å². The molecule has 5 heteroatoms. The van der Waals surface area contributed by atoms with Crippen LogP contribution in [0.1, 0.15) is 43.1 Å². The molecule has 0 saturated carbocycles. The van der Waals surface area contributed by atoms with Crippen LogP contribution in [0.2, 0.25) is 0 Å². The monoisotopic (exact) mass is 316 g/mol. The van der Waals surface area contributed by atoms with Gasteiger partial charge in [-0.15, -0.1) is 0 Å². The highest BCUT2D eigenvalue weighted by molar-refractivity contribution is 5.94. The van der Waals surface area contributed by atoms with E-state index in [-0.39, 0.29) is 5.91 Å². The average Bonchev–Trinajstić information content (AvgIpc) is 2.44. The van der Waals surface area contributed by atoms with E-state index in [4.69, 9.17) is 4.74 Å². The second-order valence-corrected chi connectivity index (χ2v) is 6.26. The molecule has 0 bridgehead atoms. The minimum absolute atomic E-state index is 0.0553. The summed E-state index contributed by atoms with van der Waals surface area (Å²) in [4.78, 5) is 24.9. The number of amides is 2. The van der Waals surface area contributed by atoms with Crippen molar-refractivity contribution in [2.24, 2.45) is 0 Å². The van der Waals surface area contributed by atoms with Crippen LogP contribution in [-0.2, 0) is 4.74 Å². The summed E-state index contributed by atoms with van der Waals surface area (Å²) in [7, 11) is 3.42. The number of nitrogens with zero attached hydrogens (tertiary/aromatic N) is 1. The van der Waals surface area contributed by atoms with E-state index in [1.165, 1.54) is 4.90 Å². The zero-order chi connectivity index (χ0) is 17.5. The van der Waals surface area contributed by atoms with Gasteiger partial charge in [-0.1, -0.05) is 17.9 Å². The van der Waals surface area contributed by atoms with E-state index in [0.717, 1.165) is 5.56 Å². The normalized spacial score (nSPS) is 10.3. The van der Waals surface area contributed by atoms with Gasteiger partial charge in [0.05, 0.1) is 0 Å². The van der Waals surface area contributed by atoms with Crippen LogP contribution in [0.15, 0.2) is 24.3 Å². The van der Waals surface area contributed by atoms with Crippen LogP contribution in [0, 0.1) is 11.8 Å². The van der Waals surface area contributed by atoms with Crippen molar-refractivity contribution < 1.29 is 14.3 Å². The van der Waals surface area contributed by atoms with Crippen molar-refractivity contribution in [1.29, 1.82) is 0 Å². The smallest absolute Gasteiger partial charge is 0.407 e. The molecule has 0 aromatic heterocycles. The Bertz CT molecular complexity index is 619. The Balaban J connectivity index is 2.50. The summed E-state index contributed by atoms with van der Waals surface area (Å²) < 4.78 is 5.13. The molecule has 23 heavy (non-hydrogen) atoms. The standard InChI is InChI=1S/C18H24N2O3/c1-18(2,3)23-17(22)19-12-7-6-9-14-10-8-11-15(13-14)16(21)20(4)5/h8,10-11,13H,7,12H2,1-5H3,(H,19,22). The van der Waals surface area contributed by atoms with E-state index in [1.807, 2.05) is 26.8 Å². The highest BCUT2D eigenvalue weighted by Crippen LogP contribution is 2.07. The molecule has 0 aliphatic heterocycles. The maximum absolute atomic E-state index is 11.9. The first-order valence-corrected chi connectivity index (χ1v) is 7.46. The molecule has 1 aromatic rings. The number of ether oxygens (including phenoxy) is 1. The number of nitrogens with one attached hydrogen (secondary N) is 1. The molecule has 0 radical (unpaired) electrons. The van der Waals surface area contributed by atoms with Gasteiger partial charge in [-0.2, -0.15) is 0 Å². The van der Waals surface area contributed by atoms with Crippen LogP contribution in [-0.4, -0.2) is 43.1 Å². The lowest BCUT2D eigenvalue weighted by atomic mass is 10.1. The van der Waals surface area contributed by atoms with Crippen molar-refractivity contribution in [1.82, 2.24) is 10.2 Å². The van der Waals surface area contributed by atoms with Gasteiger partial charge in [0.2, 0.25) is 0 Å². The predicted molar refractivity (Wildman–Crippen MR) is 90.2 cm³/mol. The Morgan fingerprint density at radius 3 is 2.57 bits per heavy atom. The van der Waals surface area contributed by atoms with E-state index < -0.39 is 11.7 Å². The largest absolute Gasteiger partial charge is 0.444 e. The first-order valence-electron chi connectivity index (χ1n) is 7.46. The zero-order valence-corrected chi connectivity index (χ0v) is 14.4. The van der Waals surface area contributed by atoms with Crippen molar-refractivity contribution in [3.8, 4) is 11.8 Å². The molecule has 0 aliphatic rings. The van der Waals surface area contributed by atoms with E-state index in [2.05, 4.69) is 17.2 Å². The Morgan fingerprint density at radius 2 is 1.96 bits per heavy atom. The lowest BCUT2D eigenvalue weighted by Gasteiger charge is -2.19. The van der Waals surface area contributed by atoms with Gasteiger partial charge >= 0.3 is 6.09 Å². The average molecular weight is 316 g/mol. The van der Waals surface area contributed by atoms with Gasteiger partial charge in [0.15, 0.2) is 0 Å². The highest BCUT2D eigenvalue weighted by atomic mass is 16.6. The molecule has 1 rings (SSSR count). The van der Waals surface area contributed by atoms with Crippen LogP contribution < -0.4 is 5.32 Å². The Labute approximate surface area is 138 Å². The minimum Gasteiger partial charge on any atom is -0.444 e. The zero-order valence-electron chi connectivity index (χ0n) is 14.4. The number of benzene rings is 1. The molecule has 0 aliphatic carbocycles. The highest BCUT2D eigenvalue weighted by Gasteiger charge is 2.15. The maximum atomic E-state index is 11.9. The third-order valence-corrected chi connectivity index (χ3v) is 2.67. The summed E-state index contributed by atoms with van der Waals surface area (Å²) >= 11 is 0. The number of alkyl carbamates (subject to hydrolysis) is 1. The molecule has 0 saturated heterocycles. The van der Waals surface area contributed by atoms with Crippen LogP contribution in [0.25, 0.3) is 0 Å². The number of carbonyl (C=O) groups is 2. The van der Waals surface area contributed by atoms with Gasteiger partial charge in [-0.05, 0) is 39.0 Å². The number of hydrogen-bond donors (Lipinski definition) is 1. The van der Waals surface area contributed by atoms with Crippen molar-refractivity contribution in [2.75, 3.05) is 20.6 Å². The molecule has 124 valence electrons. The van der Waals surface area contributed by atoms with Crippen molar-refractivity contribution >= 4 is 12.0 Å². The first kappa shape index (κ1) is 18.6. The number of hydrogen-bond acceptors (Lipinski definition) is 3. The van der Waals surface area contributed by atoms with E-state index in [0.29, 0.717) is 18.5 Å². The fraction of sp³-hybridized carbons (Fsp3) is 0.444. The van der Waals surface area contributed by atoms with Gasteiger partial charge in [-0.3, -0.25) is 4.79 Å². The van der Waals surface area contributed by atoms with Gasteiger partial charge in [0.1, 0.15) is 5.60 Å². The molecule has 0 heterocycles. The molecule has 2 amide bonds. The SMILES string of the molecule is CN(C)C(=O)c1cccc(C#CCCNC(=O)OC(C)(C)C)c1. The molecular formula is C18H24N2O3. The molecule has 0 spiro atoms. The predicted octanol–water partition coefficient (Wildman–Crippen LogP) is 2.65. The van der Waals surface area contributed by atoms with Crippen molar-refractivity contribution in [3.63, 3.8) is 0 Å². The van der Waals surface area contributed by atoms with Gasteiger partial charge in [0, 0.05) is 38.2 Å². The first-order chi connectivity index (χ1) is 10.7. The molecule has 1 N–H and O–H groups in total. The molecular weight excluding hydrogens is 292 g/mol. The Hall–Kier alpha value is -2.48. The second-order valence-electron chi connectivity index (χ2n) is 6.26. The second kappa shape index (κ2) is 8.23. The summed E-state index contributed by atoms with van der Waals surface area (Å²) in [6.07, 6.45) is 0.0586. The Morgan fingerprint density at radius 1 is 1.26 bits per heavy atom. The number of rotatable bonds is 3. The Kier molecular flexibility index (Phi) is 6.65. The van der Waals surface area contributed by atoms with Gasteiger partial charge in [0.25, 0.3) is 5.91 Å². The quantitative estimate of drug-likeness (QED) is 0.689. The van der Waals surface area contributed by atoms with E-state index in [1.54, 1.807) is 32.3 Å². The third-order valence-electron chi connectivity index (χ3n) is 2.67. The number of carbonyl (C=O) groups excluding carboxylic acids is 2. The van der Waals surface area contributed by atoms with Crippen molar-refractivity contribution in [3.05, 3.63) is 35.4 Å². The topological polar surface area (TPSA) is 58.6 Å². The van der Waals surface area contributed by atoms with Crippen LogP contribution >= 0.6 is 0 Å². The fourth-order valence-electron chi connectivity index (χ4n) is 1.69. The van der Waals surface area contributed by atoms with Crippen LogP contribution in [0.5, 0.6) is 0 Å². The summed E-state index contributed by atoms with van der Waals surface area (Å²) in [5, 5.41) is 2.65. The molecule has 5 nitrogen and oxygen atoms in total. The van der Waals surface area contributed by atoms with Crippen molar-refractivity contribution in [2.45, 2.75) is 32.8 Å². The summed E-state index contributed by atoms with van der Waals surface area (Å²) in [5.41, 5.74) is 0.874. The summed E-state index contributed by atoms with van der Waals surface area (Å²) in [5.74, 6) is 5.90. The molecule has 0 unspecified atom stereocenters.